The Kier molecular flexibility index (Phi) is 11.3. The number of ether oxygens (including phenoxy) is 2. The number of carbonyl (C=O) groups is 2. The highest BCUT2D eigenvalue weighted by atomic mass is 16.7. The van der Waals surface area contributed by atoms with Crippen LogP contribution < -0.4 is 5.32 Å². The van der Waals surface area contributed by atoms with Crippen molar-refractivity contribution in [2.75, 3.05) is 19.8 Å². The fourth-order valence-corrected chi connectivity index (χ4v) is 15.6. The van der Waals surface area contributed by atoms with Gasteiger partial charge in [-0.15, -0.1) is 0 Å². The van der Waals surface area contributed by atoms with Gasteiger partial charge in [0.2, 0.25) is 5.91 Å². The van der Waals surface area contributed by atoms with Crippen molar-refractivity contribution in [2.24, 2.45) is 68.0 Å². The number of allylic oxidation sites excluding steroid dienone is 2. The summed E-state index contributed by atoms with van der Waals surface area (Å²) in [5, 5.41) is 81.6. The van der Waals surface area contributed by atoms with Crippen LogP contribution in [0.1, 0.15) is 111 Å². The molecule has 14 heteroatoms. The average Bonchev–Trinajstić information content (AvgIpc) is 3.86. The van der Waals surface area contributed by atoms with Crippen LogP contribution >= 0.6 is 0 Å². The number of carbonyl (C=O) groups excluding carboxylic acids is 1. The molecule has 336 valence electrons. The van der Waals surface area contributed by atoms with Gasteiger partial charge in [0.1, 0.15) is 18.3 Å². The zero-order valence-corrected chi connectivity index (χ0v) is 36.3. The van der Waals surface area contributed by atoms with E-state index in [1.807, 2.05) is 6.92 Å². The van der Waals surface area contributed by atoms with Crippen molar-refractivity contribution in [1.29, 1.82) is 0 Å². The molecule has 1 amide bonds. The number of aliphatic hydroxyl groups excluding tert-OH is 6. The lowest BCUT2D eigenvalue weighted by Crippen LogP contribution is -2.73. The van der Waals surface area contributed by atoms with Gasteiger partial charge in [-0.3, -0.25) is 9.59 Å². The molecule has 2 saturated heterocycles. The maximum atomic E-state index is 13.5. The van der Waals surface area contributed by atoms with Crippen LogP contribution in [-0.4, -0.2) is 120 Å². The summed E-state index contributed by atoms with van der Waals surface area (Å²) in [4.78, 5) is 34.2. The second-order valence-corrected chi connectivity index (χ2v) is 21.7. The molecule has 4 saturated carbocycles. The van der Waals surface area contributed by atoms with Crippen molar-refractivity contribution in [2.45, 2.75) is 155 Å². The molecule has 3 heterocycles. The number of aromatic nitrogens is 2. The summed E-state index contributed by atoms with van der Waals surface area (Å²) < 4.78 is 12.4. The zero-order valence-electron chi connectivity index (χ0n) is 36.3. The molecule has 8 rings (SSSR count). The van der Waals surface area contributed by atoms with Gasteiger partial charge in [-0.25, -0.2) is 4.98 Å². The Bertz CT molecular complexity index is 1810. The Hall–Kier alpha value is -2.43. The number of aliphatic hydroxyl groups is 6. The number of aromatic amines is 1. The molecule has 0 bridgehead atoms. The number of aliphatic carboxylic acids is 1. The number of nitrogens with one attached hydrogen (secondary N) is 2. The lowest BCUT2D eigenvalue weighted by molar-refractivity contribution is -0.341. The second-order valence-electron chi connectivity index (χ2n) is 21.7. The van der Waals surface area contributed by atoms with Gasteiger partial charge in [0.05, 0.1) is 37.2 Å². The minimum atomic E-state index is -1.59. The number of hydrogen-bond acceptors (Lipinski definition) is 11. The van der Waals surface area contributed by atoms with Crippen LogP contribution in [0.4, 0.5) is 0 Å². The van der Waals surface area contributed by atoms with Crippen molar-refractivity contribution in [3.63, 3.8) is 0 Å². The van der Waals surface area contributed by atoms with E-state index >= 15 is 0 Å². The van der Waals surface area contributed by atoms with Crippen LogP contribution in [0.3, 0.4) is 0 Å². The first kappa shape index (κ1) is 44.2. The molecule has 14 nitrogen and oxygen atoms in total. The molecule has 60 heavy (non-hydrogen) atoms. The Labute approximate surface area is 353 Å². The maximum Gasteiger partial charge on any atom is 0.310 e. The van der Waals surface area contributed by atoms with E-state index in [2.05, 4.69) is 56.0 Å². The Morgan fingerprint density at radius 2 is 1.73 bits per heavy atom. The number of amides is 1. The van der Waals surface area contributed by atoms with Gasteiger partial charge in [-0.1, -0.05) is 59.6 Å². The molecule has 1 aromatic rings. The van der Waals surface area contributed by atoms with Crippen molar-refractivity contribution in [3.05, 3.63) is 29.9 Å². The minimum absolute atomic E-state index is 0.00491. The van der Waals surface area contributed by atoms with E-state index in [1.54, 1.807) is 12.5 Å². The highest BCUT2D eigenvalue weighted by Crippen LogP contribution is 2.78. The van der Waals surface area contributed by atoms with Crippen molar-refractivity contribution in [3.8, 4) is 0 Å². The summed E-state index contributed by atoms with van der Waals surface area (Å²) in [6.07, 6.45) is 4.30. The van der Waals surface area contributed by atoms with E-state index in [0.29, 0.717) is 51.4 Å². The van der Waals surface area contributed by atoms with E-state index in [9.17, 15) is 45.3 Å². The Balaban J connectivity index is 1.25. The summed E-state index contributed by atoms with van der Waals surface area (Å²) in [6, 6.07) is -0.220. The van der Waals surface area contributed by atoms with E-state index in [-0.39, 0.29) is 78.6 Å². The predicted molar refractivity (Wildman–Crippen MR) is 219 cm³/mol. The van der Waals surface area contributed by atoms with Gasteiger partial charge in [0.15, 0.2) is 6.29 Å². The van der Waals surface area contributed by atoms with Crippen molar-refractivity contribution >= 4 is 11.9 Å². The van der Waals surface area contributed by atoms with Crippen LogP contribution in [0.25, 0.3) is 0 Å². The SMILES string of the molecule is CCC1CC2(C(=O)O)CCC(C)(CO)CC2C2=CCC3C4(C)C(CC5CC(=O)NC5Cc5cnc[nH]5)C(O)C(OC5OCC(O)C(O)C5O)C(C)(CO)C4CCC3(C)C21C. The normalized spacial score (nSPS) is 51.4. The summed E-state index contributed by atoms with van der Waals surface area (Å²) in [5.74, 6) is -1.79. The molecule has 5 aliphatic carbocycles. The molecule has 7 aliphatic rings. The second kappa shape index (κ2) is 15.4. The van der Waals surface area contributed by atoms with Gasteiger partial charge >= 0.3 is 5.97 Å². The number of carboxylic acids is 1. The van der Waals surface area contributed by atoms with Gasteiger partial charge in [-0.2, -0.15) is 0 Å². The zero-order chi connectivity index (χ0) is 43.4. The maximum absolute atomic E-state index is 13.5. The summed E-state index contributed by atoms with van der Waals surface area (Å²) >= 11 is 0. The number of carboxylic acid groups (broad SMARTS) is 1. The molecule has 2 aliphatic heterocycles. The topological polar surface area (TPSA) is 235 Å². The van der Waals surface area contributed by atoms with Crippen molar-refractivity contribution in [1.82, 2.24) is 15.3 Å². The fraction of sp³-hybridized carbons (Fsp3) is 0.848. The number of rotatable bonds is 10. The highest BCUT2D eigenvalue weighted by Gasteiger charge is 2.74. The first-order valence-corrected chi connectivity index (χ1v) is 22.7. The molecule has 6 fully saturated rings. The smallest absolute Gasteiger partial charge is 0.310 e. The lowest BCUT2D eigenvalue weighted by atomic mass is 9.30. The first-order valence-electron chi connectivity index (χ1n) is 22.7. The Morgan fingerprint density at radius 1 is 0.983 bits per heavy atom. The number of hydrogen-bond donors (Lipinski definition) is 9. The molecule has 19 unspecified atom stereocenters. The third-order valence-electron chi connectivity index (χ3n) is 19.2. The molecule has 19 atom stereocenters. The summed E-state index contributed by atoms with van der Waals surface area (Å²) in [5.41, 5.74) is -1.61. The van der Waals surface area contributed by atoms with Gasteiger partial charge < -0.3 is 55.5 Å². The van der Waals surface area contributed by atoms with Gasteiger partial charge in [0, 0.05) is 42.8 Å². The van der Waals surface area contributed by atoms with Crippen LogP contribution in [-0.2, 0) is 25.5 Å². The van der Waals surface area contributed by atoms with Crippen LogP contribution in [0, 0.1) is 68.0 Å². The van der Waals surface area contributed by atoms with Gasteiger partial charge in [0.25, 0.3) is 0 Å². The van der Waals surface area contributed by atoms with Crippen LogP contribution in [0.5, 0.6) is 0 Å². The van der Waals surface area contributed by atoms with E-state index in [1.165, 1.54) is 5.57 Å². The molecular weight excluding hydrogens is 771 g/mol. The summed E-state index contributed by atoms with van der Waals surface area (Å²) in [6.45, 7) is 12.7. The largest absolute Gasteiger partial charge is 0.481 e. The minimum Gasteiger partial charge on any atom is -0.481 e. The van der Waals surface area contributed by atoms with E-state index in [0.717, 1.165) is 18.5 Å². The molecular formula is C46H71N3O11. The van der Waals surface area contributed by atoms with Crippen LogP contribution in [0.2, 0.25) is 0 Å². The third kappa shape index (κ3) is 6.26. The van der Waals surface area contributed by atoms with E-state index in [4.69, 9.17) is 9.47 Å². The first-order chi connectivity index (χ1) is 28.3. The molecule has 0 aromatic carbocycles. The monoisotopic (exact) mass is 842 g/mol. The highest BCUT2D eigenvalue weighted by molar-refractivity contribution is 5.79. The molecule has 0 radical (unpaired) electrons. The number of imidazole rings is 1. The fourth-order valence-electron chi connectivity index (χ4n) is 15.6. The quantitative estimate of drug-likeness (QED) is 0.122. The average molecular weight is 842 g/mol. The summed E-state index contributed by atoms with van der Waals surface area (Å²) in [7, 11) is 0. The molecule has 1 aromatic heterocycles. The number of H-pyrrole nitrogens is 1. The third-order valence-corrected chi connectivity index (χ3v) is 19.2. The number of nitrogens with zero attached hydrogens (tertiary/aromatic N) is 1. The number of fused-ring (bicyclic) bond motifs is 7. The van der Waals surface area contributed by atoms with Crippen molar-refractivity contribution < 1.29 is 54.8 Å². The molecule has 9 N–H and O–H groups in total. The predicted octanol–water partition coefficient (Wildman–Crippen LogP) is 3.34. The molecule has 0 spiro atoms. The standard InChI is InChI=1S/C46H71N3O11/c1-7-25-17-46(40(57)58)13-12-41(2,21-50)18-29(46)27-8-9-33-43(4,45(25,27)6)11-10-32-42(3,22-51)38(60-39-37(56)36(55)31(52)20-59-39)35(54)28(44(32,33)5)14-24-15-34(53)49-30(24)16-26-19-47-23-48-26/h8,19,23-25,28-33,35-39,50-52,54-56H,7,9-18,20-22H2,1-6H3,(H,47,48)(H,49,53)(H,57,58). The van der Waals surface area contributed by atoms with E-state index < -0.39 is 70.4 Å². The van der Waals surface area contributed by atoms with Crippen LogP contribution in [0.15, 0.2) is 24.2 Å². The van der Waals surface area contributed by atoms with Gasteiger partial charge in [-0.05, 0) is 109 Å². The Morgan fingerprint density at radius 3 is 2.38 bits per heavy atom. The lowest BCUT2D eigenvalue weighted by Gasteiger charge is -2.74.